The largest absolute Gasteiger partial charge is 0.748 e. The van der Waals surface area contributed by atoms with Gasteiger partial charge >= 0.3 is 0 Å². The van der Waals surface area contributed by atoms with E-state index in [1.807, 2.05) is 31.2 Å². The van der Waals surface area contributed by atoms with E-state index in [1.165, 1.54) is 5.56 Å². The van der Waals surface area contributed by atoms with E-state index in [2.05, 4.69) is 47.6 Å². The van der Waals surface area contributed by atoms with Crippen LogP contribution in [-0.4, -0.2) is 44.0 Å². The normalized spacial score (nSPS) is 15.5. The van der Waals surface area contributed by atoms with Crippen LogP contribution in [0.4, 0.5) is 5.69 Å². The van der Waals surface area contributed by atoms with Crippen molar-refractivity contribution in [2.45, 2.75) is 51.5 Å². The van der Waals surface area contributed by atoms with Crippen molar-refractivity contribution >= 4 is 65.3 Å². The highest BCUT2D eigenvalue weighted by molar-refractivity contribution is 8.03. The number of para-hydroxylation sites is 1. The quantitative estimate of drug-likeness (QED) is 0.231. The Bertz CT molecular complexity index is 1660. The number of hydrogen-bond donors (Lipinski definition) is 1. The average Bonchev–Trinajstić information content (AvgIpc) is 3.35. The molecule has 0 unspecified atom stereocenters. The van der Waals surface area contributed by atoms with Gasteiger partial charge in [0.25, 0.3) is 15.1 Å². The Morgan fingerprint density at radius 3 is 2.49 bits per heavy atom. The maximum Gasteiger partial charge on any atom is 0.264 e. The molecular weight excluding hydrogens is 577 g/mol. The number of aryl methyl sites for hydroxylation is 3. The zero-order valence-corrected chi connectivity index (χ0v) is 25.4. The summed E-state index contributed by atoms with van der Waals surface area (Å²) < 4.78 is 68.6. The molecule has 1 N–H and O–H groups in total. The highest BCUT2D eigenvalue weighted by Crippen LogP contribution is 2.47. The number of allylic oxidation sites excluding steroid dienone is 2. The van der Waals surface area contributed by atoms with Crippen LogP contribution in [-0.2, 0) is 26.8 Å². The first kappa shape index (κ1) is 29.8. The summed E-state index contributed by atoms with van der Waals surface area (Å²) in [4.78, 5) is 3.21. The van der Waals surface area contributed by atoms with E-state index in [0.29, 0.717) is 13.1 Å². The van der Waals surface area contributed by atoms with Gasteiger partial charge in [0.1, 0.15) is 4.70 Å². The molecule has 12 heteroatoms. The Labute approximate surface area is 238 Å². The molecule has 4 rings (SSSR count). The zero-order valence-electron chi connectivity index (χ0n) is 22.1. The predicted molar refractivity (Wildman–Crippen MR) is 158 cm³/mol. The van der Waals surface area contributed by atoms with Crippen molar-refractivity contribution in [1.29, 1.82) is 0 Å². The summed E-state index contributed by atoms with van der Waals surface area (Å²) in [5.74, 6) is -0.719. The Morgan fingerprint density at radius 2 is 1.79 bits per heavy atom. The maximum absolute atomic E-state index is 11.4. The lowest BCUT2D eigenvalue weighted by Gasteiger charge is -2.21. The van der Waals surface area contributed by atoms with Crippen molar-refractivity contribution in [3.05, 3.63) is 69.2 Å². The van der Waals surface area contributed by atoms with Gasteiger partial charge in [0.15, 0.2) is 6.54 Å². The van der Waals surface area contributed by atoms with Crippen LogP contribution in [0.25, 0.3) is 16.3 Å². The van der Waals surface area contributed by atoms with Gasteiger partial charge in [-0.1, -0.05) is 42.2 Å². The van der Waals surface area contributed by atoms with E-state index < -0.39 is 26.0 Å². The van der Waals surface area contributed by atoms with Gasteiger partial charge in [-0.3, -0.25) is 4.55 Å². The van der Waals surface area contributed by atoms with E-state index in [-0.39, 0.29) is 18.6 Å². The van der Waals surface area contributed by atoms with Gasteiger partial charge < -0.3 is 9.45 Å². The number of thiazole rings is 1. The fourth-order valence-corrected chi connectivity index (χ4v) is 7.84. The minimum Gasteiger partial charge on any atom is -0.748 e. The van der Waals surface area contributed by atoms with Gasteiger partial charge in [-0.2, -0.15) is 13.0 Å². The molecule has 210 valence electrons. The van der Waals surface area contributed by atoms with Crippen LogP contribution in [0.1, 0.15) is 42.3 Å². The fourth-order valence-electron chi connectivity index (χ4n) is 4.45. The molecule has 2 heterocycles. The van der Waals surface area contributed by atoms with Crippen molar-refractivity contribution in [3.8, 4) is 0 Å². The second-order valence-corrected chi connectivity index (χ2v) is 14.7. The topological polar surface area (TPSA) is 119 Å². The van der Waals surface area contributed by atoms with Crippen LogP contribution in [0, 0.1) is 13.8 Å². The van der Waals surface area contributed by atoms with Crippen LogP contribution < -0.4 is 9.47 Å². The van der Waals surface area contributed by atoms with Crippen molar-refractivity contribution in [1.82, 2.24) is 0 Å². The molecule has 0 radical (unpaired) electrons. The molecule has 0 aliphatic carbocycles. The van der Waals surface area contributed by atoms with E-state index in [0.717, 1.165) is 48.4 Å². The number of thioether (sulfide) groups is 1. The van der Waals surface area contributed by atoms with Gasteiger partial charge in [-0.25, -0.2) is 8.42 Å². The average molecular weight is 609 g/mol. The summed E-state index contributed by atoms with van der Waals surface area (Å²) in [5.41, 5.74) is 5.39. The van der Waals surface area contributed by atoms with E-state index in [1.54, 1.807) is 23.1 Å². The molecule has 3 aromatic rings. The zero-order chi connectivity index (χ0) is 28.4. The Hall–Kier alpha value is -2.22. The van der Waals surface area contributed by atoms with Gasteiger partial charge in [-0.15, -0.1) is 0 Å². The van der Waals surface area contributed by atoms with Crippen molar-refractivity contribution in [3.63, 3.8) is 0 Å². The first-order chi connectivity index (χ1) is 18.3. The minimum atomic E-state index is -4.29. The van der Waals surface area contributed by atoms with E-state index in [4.69, 9.17) is 0 Å². The smallest absolute Gasteiger partial charge is 0.264 e. The first-order valence-corrected chi connectivity index (χ1v) is 17.5. The highest BCUT2D eigenvalue weighted by Gasteiger charge is 2.27. The summed E-state index contributed by atoms with van der Waals surface area (Å²) in [6, 6.07) is 12.2. The highest BCUT2D eigenvalue weighted by atomic mass is 32.2. The lowest BCUT2D eigenvalue weighted by molar-refractivity contribution is -0.668. The Balaban J connectivity index is 1.71. The molecule has 0 saturated heterocycles. The molecule has 2 aromatic carbocycles. The minimum absolute atomic E-state index is 0.228. The summed E-state index contributed by atoms with van der Waals surface area (Å²) in [5, 5.41) is 1.93. The van der Waals surface area contributed by atoms with Crippen LogP contribution in [0.3, 0.4) is 0 Å². The summed E-state index contributed by atoms with van der Waals surface area (Å²) in [7, 11) is -8.34. The van der Waals surface area contributed by atoms with E-state index >= 15 is 0 Å². The second kappa shape index (κ2) is 12.1. The van der Waals surface area contributed by atoms with Crippen LogP contribution >= 0.6 is 23.1 Å². The third kappa shape index (κ3) is 7.71. The van der Waals surface area contributed by atoms with Crippen molar-refractivity contribution < 1.29 is 30.5 Å². The molecule has 0 fully saturated rings. The molecule has 1 aromatic heterocycles. The molecule has 0 amide bonds. The summed E-state index contributed by atoms with van der Waals surface area (Å²) >= 11 is 3.24. The van der Waals surface area contributed by atoms with E-state index in [9.17, 15) is 25.9 Å². The van der Waals surface area contributed by atoms with Crippen LogP contribution in [0.5, 0.6) is 0 Å². The molecule has 1 aliphatic rings. The van der Waals surface area contributed by atoms with Gasteiger partial charge in [-0.05, 0) is 67.7 Å². The summed E-state index contributed by atoms with van der Waals surface area (Å²) in [6.07, 6.45) is 5.46. The number of rotatable bonds is 11. The lowest BCUT2D eigenvalue weighted by Crippen LogP contribution is -2.36. The third-order valence-electron chi connectivity index (χ3n) is 6.57. The molecule has 0 bridgehead atoms. The van der Waals surface area contributed by atoms with Crippen LogP contribution in [0.2, 0.25) is 0 Å². The second-order valence-electron chi connectivity index (χ2n) is 9.53. The summed E-state index contributed by atoms with van der Waals surface area (Å²) in [6.45, 7) is 7.03. The standard InChI is InChI=1S/C27H32N2O6S4/c1-4-21(17-26-28(11-7-13-38(30,31)32)22-9-5-6-10-24(22)36-26)18-27-29(12-8-14-39(33,34)35)23-15-19(2)20(3)16-25(23)37-27/h5-6,9-10,15-18H,4,7-8,11-14H2,1-3H3,(H-,30,31,32,33,34,35). The number of fused-ring (bicyclic) bond motifs is 2. The molecular formula is C27H32N2O6S4. The lowest BCUT2D eigenvalue weighted by atomic mass is 10.1. The number of nitrogens with zero attached hydrogens (tertiary/aromatic N) is 2. The molecule has 1 aliphatic heterocycles. The van der Waals surface area contributed by atoms with Crippen molar-refractivity contribution in [2.24, 2.45) is 0 Å². The SMILES string of the molecule is CCC(=Cc1sc2ccccc2[n+]1CCCS(=O)(=O)[O-])/C=C1\Sc2cc(C)c(C)cc2N1CCCS(=O)(=O)O. The number of anilines is 1. The number of aromatic nitrogens is 1. The monoisotopic (exact) mass is 608 g/mol. The predicted octanol–water partition coefficient (Wildman–Crippen LogP) is 5.27. The molecule has 0 spiro atoms. The van der Waals surface area contributed by atoms with Gasteiger partial charge in [0, 0.05) is 35.8 Å². The van der Waals surface area contributed by atoms with Gasteiger partial charge in [0.2, 0.25) is 5.52 Å². The van der Waals surface area contributed by atoms with Crippen LogP contribution in [0.15, 0.2) is 58.0 Å². The Morgan fingerprint density at radius 1 is 1.08 bits per heavy atom. The molecule has 0 saturated carbocycles. The molecule has 39 heavy (non-hydrogen) atoms. The molecule has 8 nitrogen and oxygen atoms in total. The Kier molecular flexibility index (Phi) is 9.24. The first-order valence-electron chi connectivity index (χ1n) is 12.6. The fraction of sp³-hybridized carbons (Fsp3) is 0.370. The maximum atomic E-state index is 11.4. The van der Waals surface area contributed by atoms with Crippen molar-refractivity contribution in [2.75, 3.05) is 23.0 Å². The third-order valence-corrected chi connectivity index (χ3v) is 10.4. The number of hydrogen-bond acceptors (Lipinski definition) is 8. The molecule has 0 atom stereocenters. The van der Waals surface area contributed by atoms with Gasteiger partial charge in [0.05, 0.1) is 26.6 Å². The number of benzene rings is 2.